The highest BCUT2D eigenvalue weighted by Crippen LogP contribution is 2.25. The number of hydrogen-bond acceptors (Lipinski definition) is 6. The van der Waals surface area contributed by atoms with E-state index in [4.69, 9.17) is 14.2 Å². The van der Waals surface area contributed by atoms with Crippen LogP contribution in [-0.4, -0.2) is 69.0 Å². The Hall–Kier alpha value is -3.17. The maximum atomic E-state index is 11.6. The third-order valence-electron chi connectivity index (χ3n) is 4.72. The molecule has 0 bridgehead atoms. The zero-order valence-electron chi connectivity index (χ0n) is 19.7. The van der Waals surface area contributed by atoms with E-state index in [0.29, 0.717) is 71.1 Å². The molecule has 9 nitrogen and oxygen atoms in total. The number of para-hydroxylation sites is 1. The van der Waals surface area contributed by atoms with Crippen LogP contribution in [-0.2, 0) is 25.5 Å². The molecular formula is C25H36N2O7. The molecule has 0 aliphatic rings. The largest absolute Gasteiger partial charge is 0.492 e. The minimum Gasteiger partial charge on any atom is -0.492 e. The molecule has 9 heteroatoms. The van der Waals surface area contributed by atoms with Gasteiger partial charge in [0.05, 0.1) is 26.4 Å². The molecular weight excluding hydrogens is 440 g/mol. The lowest BCUT2D eigenvalue weighted by atomic mass is 10.1. The van der Waals surface area contributed by atoms with Crippen molar-refractivity contribution in [3.8, 4) is 5.75 Å². The van der Waals surface area contributed by atoms with Gasteiger partial charge in [0.15, 0.2) is 0 Å². The van der Waals surface area contributed by atoms with Crippen molar-refractivity contribution in [2.24, 2.45) is 0 Å². The number of carboxylic acids is 1. The molecule has 0 spiro atoms. The molecule has 34 heavy (non-hydrogen) atoms. The fourth-order valence-electron chi connectivity index (χ4n) is 2.92. The summed E-state index contributed by atoms with van der Waals surface area (Å²) in [7, 11) is 0. The average molecular weight is 477 g/mol. The Morgan fingerprint density at radius 1 is 0.824 bits per heavy atom. The van der Waals surface area contributed by atoms with Gasteiger partial charge in [0, 0.05) is 19.7 Å². The van der Waals surface area contributed by atoms with E-state index >= 15 is 0 Å². The number of benzene rings is 1. The average Bonchev–Trinajstić information content (AvgIpc) is 2.84. The molecule has 0 fully saturated rings. The minimum atomic E-state index is -1.05. The maximum absolute atomic E-state index is 11.6. The van der Waals surface area contributed by atoms with Crippen LogP contribution in [0.2, 0.25) is 0 Å². The van der Waals surface area contributed by atoms with Crippen molar-refractivity contribution in [1.29, 1.82) is 0 Å². The standard InChI is InChI=1S/C25H36N2O7/c1-3-22(28)26-13-5-7-15-32-18-19-33-17-12-20-10-9-11-21(25(30)31)24(20)34-16-8-6-14-27-23(29)4-2/h3-4,9-11H,1-2,5-8,12-19H2,(H,26,28)(H,27,29)(H,30,31). The van der Waals surface area contributed by atoms with E-state index < -0.39 is 5.97 Å². The fraction of sp³-hybridized carbons (Fsp3) is 0.480. The lowest BCUT2D eigenvalue weighted by Crippen LogP contribution is -2.22. The summed E-state index contributed by atoms with van der Waals surface area (Å²) >= 11 is 0. The van der Waals surface area contributed by atoms with Crippen molar-refractivity contribution in [3.05, 3.63) is 54.6 Å². The van der Waals surface area contributed by atoms with Gasteiger partial charge in [-0.1, -0.05) is 25.3 Å². The summed E-state index contributed by atoms with van der Waals surface area (Å²) in [6.45, 7) is 10.1. The van der Waals surface area contributed by atoms with Gasteiger partial charge >= 0.3 is 5.97 Å². The molecule has 0 saturated carbocycles. The van der Waals surface area contributed by atoms with Crippen LogP contribution in [0.4, 0.5) is 0 Å². The first-order chi connectivity index (χ1) is 16.5. The maximum Gasteiger partial charge on any atom is 0.339 e. The second kappa shape index (κ2) is 18.3. The van der Waals surface area contributed by atoms with E-state index in [2.05, 4.69) is 23.8 Å². The van der Waals surface area contributed by atoms with Gasteiger partial charge in [0.25, 0.3) is 0 Å². The van der Waals surface area contributed by atoms with Crippen LogP contribution < -0.4 is 15.4 Å². The summed E-state index contributed by atoms with van der Waals surface area (Å²) < 4.78 is 16.9. The second-order valence-corrected chi connectivity index (χ2v) is 7.33. The molecule has 3 N–H and O–H groups in total. The van der Waals surface area contributed by atoms with Gasteiger partial charge in [-0.15, -0.1) is 0 Å². The van der Waals surface area contributed by atoms with Gasteiger partial charge in [0.2, 0.25) is 11.8 Å². The molecule has 0 aliphatic heterocycles. The SMILES string of the molecule is C=CC(=O)NCCCCOCCOCCc1cccc(C(=O)O)c1OCCCCNC(=O)C=C. The van der Waals surface area contributed by atoms with E-state index in [1.54, 1.807) is 6.07 Å². The third-order valence-corrected chi connectivity index (χ3v) is 4.72. The number of carbonyl (C=O) groups excluding carboxylic acids is 2. The van der Waals surface area contributed by atoms with Crippen LogP contribution in [0.15, 0.2) is 43.5 Å². The van der Waals surface area contributed by atoms with E-state index in [-0.39, 0.29) is 17.4 Å². The van der Waals surface area contributed by atoms with Gasteiger partial charge in [-0.2, -0.15) is 0 Å². The van der Waals surface area contributed by atoms with Crippen molar-refractivity contribution < 1.29 is 33.7 Å². The molecule has 188 valence electrons. The summed E-state index contributed by atoms with van der Waals surface area (Å²) in [4.78, 5) is 33.7. The molecule has 0 saturated heterocycles. The van der Waals surface area contributed by atoms with E-state index in [1.165, 1.54) is 18.2 Å². The molecule has 0 unspecified atom stereocenters. The van der Waals surface area contributed by atoms with Crippen LogP contribution >= 0.6 is 0 Å². The number of amides is 2. The predicted octanol–water partition coefficient (Wildman–Crippen LogP) is 2.50. The first kappa shape index (κ1) is 28.9. The number of rotatable bonds is 20. The minimum absolute atomic E-state index is 0.116. The van der Waals surface area contributed by atoms with Crippen molar-refractivity contribution in [2.75, 3.05) is 46.1 Å². The number of carbonyl (C=O) groups is 3. The number of ether oxygens (including phenoxy) is 3. The Kier molecular flexibility index (Phi) is 15.5. The second-order valence-electron chi connectivity index (χ2n) is 7.33. The molecule has 0 heterocycles. The van der Waals surface area contributed by atoms with E-state index in [9.17, 15) is 19.5 Å². The zero-order valence-corrected chi connectivity index (χ0v) is 19.7. The van der Waals surface area contributed by atoms with Gasteiger partial charge < -0.3 is 30.0 Å². The molecule has 0 atom stereocenters. The Morgan fingerprint density at radius 2 is 1.41 bits per heavy atom. The lowest BCUT2D eigenvalue weighted by Gasteiger charge is -2.14. The summed E-state index contributed by atoms with van der Waals surface area (Å²) in [5.74, 6) is -1.09. The Balaban J connectivity index is 2.30. The van der Waals surface area contributed by atoms with E-state index in [0.717, 1.165) is 18.4 Å². The first-order valence-electron chi connectivity index (χ1n) is 11.4. The van der Waals surface area contributed by atoms with Crippen LogP contribution in [0, 0.1) is 0 Å². The smallest absolute Gasteiger partial charge is 0.339 e. The van der Waals surface area contributed by atoms with Crippen LogP contribution in [0.3, 0.4) is 0 Å². The Bertz CT molecular complexity index is 795. The Labute approximate surface area is 201 Å². The number of carboxylic acid groups (broad SMARTS) is 1. The molecule has 1 aromatic carbocycles. The Morgan fingerprint density at radius 3 is 2.00 bits per heavy atom. The highest BCUT2D eigenvalue weighted by molar-refractivity contribution is 5.91. The van der Waals surface area contributed by atoms with Crippen molar-refractivity contribution in [2.45, 2.75) is 32.1 Å². The van der Waals surface area contributed by atoms with Crippen molar-refractivity contribution in [1.82, 2.24) is 10.6 Å². The van der Waals surface area contributed by atoms with Gasteiger partial charge in [-0.3, -0.25) is 9.59 Å². The first-order valence-corrected chi connectivity index (χ1v) is 11.4. The van der Waals surface area contributed by atoms with Gasteiger partial charge in [-0.25, -0.2) is 4.79 Å². The molecule has 0 aliphatic carbocycles. The van der Waals surface area contributed by atoms with E-state index in [1.807, 2.05) is 6.07 Å². The van der Waals surface area contributed by atoms with Crippen molar-refractivity contribution in [3.63, 3.8) is 0 Å². The topological polar surface area (TPSA) is 123 Å². The monoisotopic (exact) mass is 476 g/mol. The fourth-order valence-corrected chi connectivity index (χ4v) is 2.92. The molecule has 1 aromatic rings. The predicted molar refractivity (Wildman–Crippen MR) is 129 cm³/mol. The zero-order chi connectivity index (χ0) is 25.0. The van der Waals surface area contributed by atoms with Gasteiger partial charge in [-0.05, 0) is 55.9 Å². The number of aromatic carboxylic acids is 1. The normalized spacial score (nSPS) is 10.4. The number of unbranched alkanes of at least 4 members (excludes halogenated alkanes) is 2. The van der Waals surface area contributed by atoms with Crippen LogP contribution in [0.5, 0.6) is 5.75 Å². The van der Waals surface area contributed by atoms with Gasteiger partial charge in [0.1, 0.15) is 11.3 Å². The summed E-state index contributed by atoms with van der Waals surface area (Å²) in [5.41, 5.74) is 0.882. The molecule has 1 rings (SSSR count). The number of hydrogen-bond donors (Lipinski definition) is 3. The quantitative estimate of drug-likeness (QED) is 0.195. The third kappa shape index (κ3) is 12.8. The summed E-state index contributed by atoms with van der Waals surface area (Å²) in [5, 5.41) is 14.9. The summed E-state index contributed by atoms with van der Waals surface area (Å²) in [6, 6.07) is 5.04. The highest BCUT2D eigenvalue weighted by atomic mass is 16.5. The summed E-state index contributed by atoms with van der Waals surface area (Å²) in [6.07, 6.45) is 6.00. The lowest BCUT2D eigenvalue weighted by molar-refractivity contribution is -0.117. The molecule has 0 aromatic heterocycles. The molecule has 2 amide bonds. The van der Waals surface area contributed by atoms with Crippen LogP contribution in [0.25, 0.3) is 0 Å². The van der Waals surface area contributed by atoms with Crippen LogP contribution in [0.1, 0.15) is 41.6 Å². The van der Waals surface area contributed by atoms with Crippen molar-refractivity contribution >= 4 is 17.8 Å². The number of nitrogens with one attached hydrogen (secondary N) is 2. The molecule has 0 radical (unpaired) electrons. The highest BCUT2D eigenvalue weighted by Gasteiger charge is 2.15.